The van der Waals surface area contributed by atoms with Gasteiger partial charge in [0.15, 0.2) is 10.5 Å². The van der Waals surface area contributed by atoms with Crippen molar-refractivity contribution in [1.82, 2.24) is 34.3 Å². The average molecular weight is 408 g/mol. The van der Waals surface area contributed by atoms with Gasteiger partial charge >= 0.3 is 6.03 Å². The number of rotatable bonds is 5. The van der Waals surface area contributed by atoms with Crippen molar-refractivity contribution in [3.8, 4) is 11.8 Å². The molecule has 148 valence electrons. The molecule has 0 radical (unpaired) electrons. The SMILES string of the molecule is COc1cc(OC)nc(NC(=O)NS(=O)(=O)c2cnn3c(C)nc(C)nc23)n1. The van der Waals surface area contributed by atoms with Crippen molar-refractivity contribution in [2.24, 2.45) is 0 Å². The van der Waals surface area contributed by atoms with Crippen LogP contribution in [0.5, 0.6) is 11.8 Å². The van der Waals surface area contributed by atoms with Gasteiger partial charge in [0, 0.05) is 0 Å². The number of aryl methyl sites for hydroxylation is 2. The van der Waals surface area contributed by atoms with Crippen LogP contribution in [-0.4, -0.2) is 58.2 Å². The smallest absolute Gasteiger partial charge is 0.335 e. The minimum absolute atomic E-state index is 0.0459. The normalized spacial score (nSPS) is 11.3. The zero-order valence-electron chi connectivity index (χ0n) is 15.3. The summed E-state index contributed by atoms with van der Waals surface area (Å²) in [5.41, 5.74) is 0.0459. The van der Waals surface area contributed by atoms with Gasteiger partial charge in [-0.05, 0) is 13.8 Å². The van der Waals surface area contributed by atoms with Gasteiger partial charge in [0.1, 0.15) is 11.6 Å². The second-order valence-corrected chi connectivity index (χ2v) is 7.05. The monoisotopic (exact) mass is 408 g/mol. The van der Waals surface area contributed by atoms with Gasteiger partial charge in [-0.25, -0.2) is 27.9 Å². The van der Waals surface area contributed by atoms with Crippen molar-refractivity contribution >= 4 is 27.6 Å². The molecule has 0 atom stereocenters. The number of fused-ring (bicyclic) bond motifs is 1. The Labute approximate surface area is 159 Å². The number of methoxy groups -OCH3 is 2. The summed E-state index contributed by atoms with van der Waals surface area (Å²) >= 11 is 0. The lowest BCUT2D eigenvalue weighted by Gasteiger charge is -2.09. The molecule has 3 rings (SSSR count). The molecule has 0 aliphatic rings. The highest BCUT2D eigenvalue weighted by Gasteiger charge is 2.25. The molecule has 0 spiro atoms. The maximum absolute atomic E-state index is 12.6. The van der Waals surface area contributed by atoms with Crippen molar-refractivity contribution < 1.29 is 22.7 Å². The number of hydrogen-bond donors (Lipinski definition) is 2. The summed E-state index contributed by atoms with van der Waals surface area (Å²) in [5.74, 6) is 0.844. The second kappa shape index (κ2) is 7.22. The van der Waals surface area contributed by atoms with Crippen LogP contribution < -0.4 is 19.5 Å². The van der Waals surface area contributed by atoms with E-state index in [-0.39, 0.29) is 28.3 Å². The Balaban J connectivity index is 1.86. The molecule has 14 heteroatoms. The summed E-state index contributed by atoms with van der Waals surface area (Å²) in [7, 11) is -1.55. The van der Waals surface area contributed by atoms with Crippen LogP contribution in [0.25, 0.3) is 5.65 Å². The van der Waals surface area contributed by atoms with Crippen LogP contribution in [0.3, 0.4) is 0 Å². The summed E-state index contributed by atoms with van der Waals surface area (Å²) in [5, 5.41) is 6.15. The second-order valence-electron chi connectivity index (χ2n) is 5.40. The number of hydrogen-bond acceptors (Lipinski definition) is 10. The van der Waals surface area contributed by atoms with E-state index in [1.165, 1.54) is 24.8 Å². The minimum Gasteiger partial charge on any atom is -0.481 e. The predicted molar refractivity (Wildman–Crippen MR) is 94.7 cm³/mol. The zero-order valence-corrected chi connectivity index (χ0v) is 16.1. The van der Waals surface area contributed by atoms with Crippen LogP contribution in [0, 0.1) is 13.8 Å². The number of ether oxygens (including phenoxy) is 2. The molecule has 0 fully saturated rings. The Morgan fingerprint density at radius 1 is 1.07 bits per heavy atom. The molecule has 0 saturated heterocycles. The molecule has 3 heterocycles. The van der Waals surface area contributed by atoms with Crippen LogP contribution in [0.15, 0.2) is 17.2 Å². The molecule has 2 amide bonds. The lowest BCUT2D eigenvalue weighted by molar-refractivity contribution is 0.256. The van der Waals surface area contributed by atoms with Gasteiger partial charge in [-0.3, -0.25) is 5.32 Å². The Morgan fingerprint density at radius 3 is 2.32 bits per heavy atom. The summed E-state index contributed by atoms with van der Waals surface area (Å²) in [6, 6.07) is 0.306. The van der Waals surface area contributed by atoms with E-state index in [1.807, 2.05) is 4.72 Å². The number of sulfonamides is 1. The number of aromatic nitrogens is 6. The lowest BCUT2D eigenvalue weighted by Crippen LogP contribution is -2.35. The number of carbonyl (C=O) groups excluding carboxylic acids is 1. The van der Waals surface area contributed by atoms with Crippen LogP contribution in [0.2, 0.25) is 0 Å². The van der Waals surface area contributed by atoms with Crippen molar-refractivity contribution in [2.75, 3.05) is 19.5 Å². The molecule has 0 bridgehead atoms. The summed E-state index contributed by atoms with van der Waals surface area (Å²) in [6.07, 6.45) is 1.08. The third-order valence-electron chi connectivity index (χ3n) is 3.45. The Bertz CT molecular complexity index is 1140. The van der Waals surface area contributed by atoms with E-state index in [0.29, 0.717) is 11.6 Å². The first-order valence-electron chi connectivity index (χ1n) is 7.73. The molecule has 28 heavy (non-hydrogen) atoms. The summed E-state index contributed by atoms with van der Waals surface area (Å²) < 4.78 is 38.2. The van der Waals surface area contributed by atoms with E-state index in [2.05, 4.69) is 30.4 Å². The fraction of sp³-hybridized carbons (Fsp3) is 0.286. The fourth-order valence-corrected chi connectivity index (χ4v) is 3.25. The third-order valence-corrected chi connectivity index (χ3v) is 4.77. The van der Waals surface area contributed by atoms with Gasteiger partial charge in [0.05, 0.1) is 26.5 Å². The number of nitrogens with one attached hydrogen (secondary N) is 2. The van der Waals surface area contributed by atoms with Crippen molar-refractivity contribution in [2.45, 2.75) is 18.7 Å². The van der Waals surface area contributed by atoms with Gasteiger partial charge < -0.3 is 9.47 Å². The quantitative estimate of drug-likeness (QED) is 0.590. The first kappa shape index (κ1) is 19.2. The largest absolute Gasteiger partial charge is 0.481 e. The number of amides is 2. The number of anilines is 1. The lowest BCUT2D eigenvalue weighted by atomic mass is 10.6. The van der Waals surface area contributed by atoms with Gasteiger partial charge in [-0.2, -0.15) is 19.6 Å². The Morgan fingerprint density at radius 2 is 1.71 bits per heavy atom. The van der Waals surface area contributed by atoms with E-state index in [4.69, 9.17) is 9.47 Å². The minimum atomic E-state index is -4.28. The van der Waals surface area contributed by atoms with E-state index in [9.17, 15) is 13.2 Å². The molecule has 2 N–H and O–H groups in total. The number of nitrogens with zero attached hydrogens (tertiary/aromatic N) is 6. The highest BCUT2D eigenvalue weighted by atomic mass is 32.2. The summed E-state index contributed by atoms with van der Waals surface area (Å²) in [6.45, 7) is 3.27. The topological polar surface area (TPSA) is 163 Å². The van der Waals surface area contributed by atoms with E-state index >= 15 is 0 Å². The van der Waals surface area contributed by atoms with Crippen LogP contribution in [0.4, 0.5) is 10.7 Å². The van der Waals surface area contributed by atoms with Crippen molar-refractivity contribution in [1.29, 1.82) is 0 Å². The number of urea groups is 1. The van der Waals surface area contributed by atoms with Crippen molar-refractivity contribution in [3.63, 3.8) is 0 Å². The van der Waals surface area contributed by atoms with Gasteiger partial charge in [-0.1, -0.05) is 0 Å². The predicted octanol–water partition coefficient (Wildman–Crippen LogP) is 0.0587. The van der Waals surface area contributed by atoms with Crippen molar-refractivity contribution in [3.05, 3.63) is 23.9 Å². The highest BCUT2D eigenvalue weighted by molar-refractivity contribution is 7.90. The number of carbonyl (C=O) groups is 1. The first-order valence-corrected chi connectivity index (χ1v) is 9.21. The first-order chi connectivity index (χ1) is 13.2. The Hall–Kier alpha value is -3.55. The van der Waals surface area contributed by atoms with E-state index in [0.717, 1.165) is 6.20 Å². The molecule has 13 nitrogen and oxygen atoms in total. The molecule has 0 unspecified atom stereocenters. The van der Waals surface area contributed by atoms with Gasteiger partial charge in [0.2, 0.25) is 17.7 Å². The maximum Gasteiger partial charge on any atom is 0.335 e. The standard InChI is InChI=1S/C14H16N8O5S/c1-7-16-8(2)22-12(17-7)9(6-15-22)28(24,25)21-14(23)20-13-18-10(26-3)5-11(19-13)27-4/h5-6H,1-4H3,(H2,18,19,20,21,23). The van der Waals surface area contributed by atoms with Crippen LogP contribution >= 0.6 is 0 Å². The molecule has 0 saturated carbocycles. The molecule has 0 aliphatic carbocycles. The zero-order chi connectivity index (χ0) is 20.5. The van der Waals surface area contributed by atoms with E-state index < -0.39 is 16.1 Å². The third kappa shape index (κ3) is 3.75. The van der Waals surface area contributed by atoms with Gasteiger partial charge in [-0.15, -0.1) is 0 Å². The molecule has 3 aromatic heterocycles. The molecular weight excluding hydrogens is 392 g/mol. The fourth-order valence-electron chi connectivity index (χ4n) is 2.29. The summed E-state index contributed by atoms with van der Waals surface area (Å²) in [4.78, 5) is 27.9. The highest BCUT2D eigenvalue weighted by Crippen LogP contribution is 2.18. The molecule has 0 aromatic carbocycles. The molecule has 0 aliphatic heterocycles. The molecule has 3 aromatic rings. The van der Waals surface area contributed by atoms with Crippen LogP contribution in [-0.2, 0) is 10.0 Å². The average Bonchev–Trinajstić information content (AvgIpc) is 3.05. The maximum atomic E-state index is 12.6. The molecular formula is C14H16N8O5S. The van der Waals surface area contributed by atoms with Crippen LogP contribution in [0.1, 0.15) is 11.6 Å². The van der Waals surface area contributed by atoms with E-state index in [1.54, 1.807) is 13.8 Å². The Kier molecular flexibility index (Phi) is 4.96. The van der Waals surface area contributed by atoms with Gasteiger partial charge in [0.25, 0.3) is 10.0 Å².